The van der Waals surface area contributed by atoms with Crippen LogP contribution in [0.1, 0.15) is 16.1 Å². The van der Waals surface area contributed by atoms with Crippen LogP contribution in [-0.2, 0) is 0 Å². The second kappa shape index (κ2) is 7.73. The van der Waals surface area contributed by atoms with E-state index >= 15 is 0 Å². The first-order valence-electron chi connectivity index (χ1n) is 8.64. The van der Waals surface area contributed by atoms with Gasteiger partial charge in [-0.3, -0.25) is 14.9 Å². The van der Waals surface area contributed by atoms with E-state index in [0.717, 1.165) is 5.56 Å². The van der Waals surface area contributed by atoms with Crippen molar-refractivity contribution < 1.29 is 14.1 Å². The molecule has 0 saturated carbocycles. The predicted octanol–water partition coefficient (Wildman–Crippen LogP) is 4.17. The lowest BCUT2D eigenvalue weighted by molar-refractivity contribution is -0.402. The number of carbonyl (C=O) groups is 1. The van der Waals surface area contributed by atoms with E-state index in [1.165, 1.54) is 18.3 Å². The average Bonchev–Trinajstić information content (AvgIpc) is 3.23. The Morgan fingerprint density at radius 2 is 1.83 bits per heavy atom. The number of para-hydroxylation sites is 1. The van der Waals surface area contributed by atoms with E-state index in [9.17, 15) is 14.9 Å². The van der Waals surface area contributed by atoms with Crippen LogP contribution in [0.5, 0.6) is 0 Å². The number of pyridine rings is 1. The highest BCUT2D eigenvalue weighted by Gasteiger charge is 2.14. The molecule has 8 nitrogen and oxygen atoms in total. The van der Waals surface area contributed by atoms with Crippen LogP contribution in [0.25, 0.3) is 22.2 Å². The zero-order valence-electron chi connectivity index (χ0n) is 15.0. The summed E-state index contributed by atoms with van der Waals surface area (Å²) in [7, 11) is 0. The maximum Gasteiger partial charge on any atom is 0.433 e. The van der Waals surface area contributed by atoms with Gasteiger partial charge >= 0.3 is 5.88 Å². The van der Waals surface area contributed by atoms with Crippen LogP contribution < -0.4 is 5.43 Å². The SMILES string of the molecule is O=C(N/N=C/c1ccc([N+](=O)[O-])o1)c1cc(-c2ccccc2)nc2ccccc12. The summed E-state index contributed by atoms with van der Waals surface area (Å²) in [6, 6.07) is 21.2. The zero-order valence-corrected chi connectivity index (χ0v) is 15.0. The van der Waals surface area contributed by atoms with Gasteiger partial charge in [-0.2, -0.15) is 5.10 Å². The molecule has 0 atom stereocenters. The normalized spacial score (nSPS) is 11.0. The van der Waals surface area contributed by atoms with Crippen molar-refractivity contribution in [2.45, 2.75) is 0 Å². The van der Waals surface area contributed by atoms with Crippen LogP contribution in [0.15, 0.2) is 82.3 Å². The van der Waals surface area contributed by atoms with Crippen molar-refractivity contribution in [3.8, 4) is 11.3 Å². The summed E-state index contributed by atoms with van der Waals surface area (Å²) >= 11 is 0. The van der Waals surface area contributed by atoms with Crippen LogP contribution in [0.3, 0.4) is 0 Å². The zero-order chi connectivity index (χ0) is 20.2. The van der Waals surface area contributed by atoms with Gasteiger partial charge in [-0.25, -0.2) is 10.4 Å². The molecule has 1 N–H and O–H groups in total. The van der Waals surface area contributed by atoms with Gasteiger partial charge in [-0.05, 0) is 18.2 Å². The summed E-state index contributed by atoms with van der Waals surface area (Å²) in [5.74, 6) is -0.676. The first-order valence-corrected chi connectivity index (χ1v) is 8.64. The molecule has 0 aliphatic carbocycles. The van der Waals surface area contributed by atoms with Gasteiger partial charge < -0.3 is 4.42 Å². The van der Waals surface area contributed by atoms with Crippen molar-refractivity contribution in [1.29, 1.82) is 0 Å². The van der Waals surface area contributed by atoms with Crippen molar-refractivity contribution in [1.82, 2.24) is 10.4 Å². The van der Waals surface area contributed by atoms with Gasteiger partial charge in [0.15, 0.2) is 5.76 Å². The van der Waals surface area contributed by atoms with E-state index < -0.39 is 16.7 Å². The second-order valence-electron chi connectivity index (χ2n) is 6.07. The Bertz CT molecular complexity index is 1230. The molecule has 4 aromatic rings. The quantitative estimate of drug-likeness (QED) is 0.314. The van der Waals surface area contributed by atoms with E-state index in [1.54, 1.807) is 6.07 Å². The number of nitrogens with zero attached hydrogens (tertiary/aromatic N) is 3. The number of nitrogens with one attached hydrogen (secondary N) is 1. The summed E-state index contributed by atoms with van der Waals surface area (Å²) in [5, 5.41) is 15.2. The molecule has 4 rings (SSSR count). The average molecular weight is 386 g/mol. The van der Waals surface area contributed by atoms with Crippen molar-refractivity contribution in [3.63, 3.8) is 0 Å². The van der Waals surface area contributed by atoms with Gasteiger partial charge in [-0.1, -0.05) is 48.5 Å². The third kappa shape index (κ3) is 3.86. The van der Waals surface area contributed by atoms with Gasteiger partial charge in [0.25, 0.3) is 5.91 Å². The number of amides is 1. The lowest BCUT2D eigenvalue weighted by atomic mass is 10.0. The number of aromatic nitrogens is 1. The van der Waals surface area contributed by atoms with Crippen LogP contribution >= 0.6 is 0 Å². The van der Waals surface area contributed by atoms with Crippen molar-refractivity contribution in [2.24, 2.45) is 5.10 Å². The molecular weight excluding hydrogens is 372 g/mol. The van der Waals surface area contributed by atoms with E-state index in [0.29, 0.717) is 22.2 Å². The highest BCUT2D eigenvalue weighted by Crippen LogP contribution is 2.24. The summed E-state index contributed by atoms with van der Waals surface area (Å²) in [6.07, 6.45) is 1.20. The Hall–Kier alpha value is -4.33. The number of carbonyl (C=O) groups excluding carboxylic acids is 1. The molecule has 0 radical (unpaired) electrons. The molecule has 8 heteroatoms. The topological polar surface area (TPSA) is 111 Å². The fraction of sp³-hybridized carbons (Fsp3) is 0. The summed E-state index contributed by atoms with van der Waals surface area (Å²) in [5.41, 5.74) is 5.08. The number of nitro groups is 1. The third-order valence-electron chi connectivity index (χ3n) is 4.18. The fourth-order valence-electron chi connectivity index (χ4n) is 2.84. The molecule has 2 heterocycles. The molecule has 0 aliphatic heterocycles. The Balaban J connectivity index is 1.64. The summed E-state index contributed by atoms with van der Waals surface area (Å²) < 4.78 is 4.97. The van der Waals surface area contributed by atoms with Crippen LogP contribution in [0, 0.1) is 10.1 Å². The number of hydrogen-bond donors (Lipinski definition) is 1. The minimum Gasteiger partial charge on any atom is -0.400 e. The number of hydrogen-bond acceptors (Lipinski definition) is 6. The highest BCUT2D eigenvalue weighted by molar-refractivity contribution is 6.07. The van der Waals surface area contributed by atoms with Crippen LogP contribution in [0.2, 0.25) is 0 Å². The first kappa shape index (κ1) is 18.1. The van der Waals surface area contributed by atoms with Crippen molar-refractivity contribution in [3.05, 3.63) is 94.2 Å². The molecule has 1 amide bonds. The highest BCUT2D eigenvalue weighted by atomic mass is 16.6. The van der Waals surface area contributed by atoms with E-state index in [4.69, 9.17) is 4.42 Å². The Morgan fingerprint density at radius 1 is 1.07 bits per heavy atom. The molecular formula is C21H14N4O4. The van der Waals surface area contributed by atoms with Crippen molar-refractivity contribution >= 4 is 28.9 Å². The molecule has 2 aromatic carbocycles. The maximum absolute atomic E-state index is 12.8. The number of benzene rings is 2. The van der Waals surface area contributed by atoms with Crippen LogP contribution in [0.4, 0.5) is 5.88 Å². The first-order chi connectivity index (χ1) is 14.1. The minimum atomic E-state index is -0.649. The van der Waals surface area contributed by atoms with Crippen molar-refractivity contribution in [2.75, 3.05) is 0 Å². The third-order valence-corrected chi connectivity index (χ3v) is 4.18. The molecule has 0 fully saturated rings. The Morgan fingerprint density at radius 3 is 2.59 bits per heavy atom. The van der Waals surface area contributed by atoms with Gasteiger partial charge in [0.1, 0.15) is 4.92 Å². The molecule has 29 heavy (non-hydrogen) atoms. The second-order valence-corrected chi connectivity index (χ2v) is 6.07. The fourth-order valence-corrected chi connectivity index (χ4v) is 2.84. The van der Waals surface area contributed by atoms with E-state index in [1.807, 2.05) is 54.6 Å². The number of furan rings is 1. The molecule has 0 bridgehead atoms. The molecule has 0 saturated heterocycles. The van der Waals surface area contributed by atoms with Gasteiger partial charge in [-0.15, -0.1) is 0 Å². The predicted molar refractivity (Wildman–Crippen MR) is 108 cm³/mol. The molecule has 142 valence electrons. The van der Waals surface area contributed by atoms with E-state index in [-0.39, 0.29) is 5.76 Å². The monoisotopic (exact) mass is 386 g/mol. The largest absolute Gasteiger partial charge is 0.433 e. The van der Waals surface area contributed by atoms with Gasteiger partial charge in [0, 0.05) is 10.9 Å². The van der Waals surface area contributed by atoms with Gasteiger partial charge in [0.05, 0.1) is 29.1 Å². The maximum atomic E-state index is 12.8. The summed E-state index contributed by atoms with van der Waals surface area (Å²) in [4.78, 5) is 27.4. The summed E-state index contributed by atoms with van der Waals surface area (Å²) in [6.45, 7) is 0. The van der Waals surface area contributed by atoms with E-state index in [2.05, 4.69) is 15.5 Å². The van der Waals surface area contributed by atoms with Gasteiger partial charge in [0.2, 0.25) is 0 Å². The number of hydrazone groups is 1. The molecule has 0 spiro atoms. The van der Waals surface area contributed by atoms with Crippen LogP contribution in [-0.4, -0.2) is 22.0 Å². The minimum absolute atomic E-state index is 0.154. The molecule has 0 aliphatic rings. The smallest absolute Gasteiger partial charge is 0.400 e. The molecule has 2 aromatic heterocycles. The number of fused-ring (bicyclic) bond motifs is 1. The molecule has 0 unspecified atom stereocenters. The standard InChI is InChI=1S/C21H14N4O4/c26-21(24-22-13-15-10-11-20(29-15)25(27)28)17-12-19(14-6-2-1-3-7-14)23-18-9-5-4-8-16(17)18/h1-13H,(H,24,26)/b22-13+. The lowest BCUT2D eigenvalue weighted by Gasteiger charge is -2.08. The lowest BCUT2D eigenvalue weighted by Crippen LogP contribution is -2.18. The Labute approximate surface area is 164 Å². The Kier molecular flexibility index (Phi) is 4.81. The number of rotatable bonds is 5.